The number of fused-ring (bicyclic) bond motifs is 3. The van der Waals surface area contributed by atoms with Crippen molar-refractivity contribution in [1.82, 2.24) is 0 Å². The molecule has 0 saturated carbocycles. The van der Waals surface area contributed by atoms with E-state index >= 15 is 0 Å². The second kappa shape index (κ2) is 8.40. The van der Waals surface area contributed by atoms with Crippen molar-refractivity contribution in [2.45, 2.75) is 6.92 Å². The van der Waals surface area contributed by atoms with Gasteiger partial charge in [-0.05, 0) is 61.0 Å². The first-order valence-corrected chi connectivity index (χ1v) is 11.0. The third kappa shape index (κ3) is 3.81. The van der Waals surface area contributed by atoms with Gasteiger partial charge >= 0.3 is 5.63 Å². The number of hydrogen-bond acceptors (Lipinski definition) is 6. The molecule has 158 valence electrons. The minimum atomic E-state index is -0.422. The van der Waals surface area contributed by atoms with Gasteiger partial charge in [-0.25, -0.2) is 9.79 Å². The maximum Gasteiger partial charge on any atom is 0.348 e. The Hall–Kier alpha value is -3.77. The highest BCUT2D eigenvalue weighted by Crippen LogP contribution is 2.36. The zero-order chi connectivity index (χ0) is 22.1. The second-order valence-corrected chi connectivity index (χ2v) is 8.25. The highest BCUT2D eigenvalue weighted by Gasteiger charge is 2.24. The van der Waals surface area contributed by atoms with Crippen molar-refractivity contribution in [2.75, 3.05) is 12.4 Å². The average molecular weight is 441 g/mol. The minimum absolute atomic E-state index is 0.422. The third-order valence-electron chi connectivity index (χ3n) is 5.24. The molecule has 1 aliphatic heterocycles. The predicted molar refractivity (Wildman–Crippen MR) is 132 cm³/mol. The molecular weight excluding hydrogens is 420 g/mol. The number of aliphatic imine (C=N–C) groups is 1. The highest BCUT2D eigenvalue weighted by molar-refractivity contribution is 8.17. The van der Waals surface area contributed by atoms with E-state index in [0.717, 1.165) is 33.6 Å². The Morgan fingerprint density at radius 3 is 2.47 bits per heavy atom. The lowest BCUT2D eigenvalue weighted by atomic mass is 10.1. The molecule has 0 amide bonds. The lowest BCUT2D eigenvalue weighted by Gasteiger charge is -2.14. The van der Waals surface area contributed by atoms with Gasteiger partial charge in [-0.3, -0.25) is 0 Å². The van der Waals surface area contributed by atoms with E-state index in [1.165, 1.54) is 11.8 Å². The van der Waals surface area contributed by atoms with E-state index < -0.39 is 5.63 Å². The van der Waals surface area contributed by atoms with Gasteiger partial charge in [0.25, 0.3) is 0 Å². The number of rotatable bonds is 3. The summed E-state index contributed by atoms with van der Waals surface area (Å²) in [5.74, 6) is 0.781. The maximum absolute atomic E-state index is 13.1. The van der Waals surface area contributed by atoms with Crippen LogP contribution in [0.25, 0.3) is 16.7 Å². The number of aryl methyl sites for hydroxylation is 1. The minimum Gasteiger partial charge on any atom is -0.497 e. The molecule has 0 fully saturated rings. The Morgan fingerprint density at radius 2 is 1.72 bits per heavy atom. The number of ether oxygens (including phenoxy) is 1. The van der Waals surface area contributed by atoms with Crippen LogP contribution < -0.4 is 15.7 Å². The lowest BCUT2D eigenvalue weighted by molar-refractivity contribution is 0.415. The Labute approximate surface area is 189 Å². The van der Waals surface area contributed by atoms with Gasteiger partial charge in [0, 0.05) is 10.8 Å². The molecular formula is C26H20N2O3S. The highest BCUT2D eigenvalue weighted by atomic mass is 32.2. The molecule has 5 nitrogen and oxygen atoms in total. The SMILES string of the molecule is COc1ccc(C2=CSC(=Nc3ccc(C)cc3)c3c(c4ccccc4oc3=O)N2)cc1. The number of para-hydroxylation sites is 1. The Balaban J connectivity index is 1.71. The van der Waals surface area contributed by atoms with Crippen molar-refractivity contribution in [3.8, 4) is 5.75 Å². The first-order chi connectivity index (χ1) is 15.6. The van der Waals surface area contributed by atoms with Crippen LogP contribution in [0.4, 0.5) is 11.4 Å². The molecule has 2 heterocycles. The molecule has 5 rings (SSSR count). The summed E-state index contributed by atoms with van der Waals surface area (Å²) in [5.41, 5.74) is 4.98. The Kier molecular flexibility index (Phi) is 5.29. The number of thioether (sulfide) groups is 1. The Morgan fingerprint density at radius 1 is 0.969 bits per heavy atom. The quantitative estimate of drug-likeness (QED) is 0.376. The summed E-state index contributed by atoms with van der Waals surface area (Å²) in [6, 6.07) is 23.2. The number of nitrogens with zero attached hydrogens (tertiary/aromatic N) is 1. The zero-order valence-corrected chi connectivity index (χ0v) is 18.4. The molecule has 0 saturated heterocycles. The van der Waals surface area contributed by atoms with E-state index in [1.807, 2.05) is 79.1 Å². The summed E-state index contributed by atoms with van der Waals surface area (Å²) in [4.78, 5) is 17.9. The molecule has 0 unspecified atom stereocenters. The number of hydrogen-bond donors (Lipinski definition) is 1. The van der Waals surface area contributed by atoms with Crippen molar-refractivity contribution in [3.05, 3.63) is 105 Å². The van der Waals surface area contributed by atoms with Gasteiger partial charge < -0.3 is 14.5 Å². The predicted octanol–water partition coefficient (Wildman–Crippen LogP) is 6.35. The molecule has 3 aromatic carbocycles. The lowest BCUT2D eigenvalue weighted by Crippen LogP contribution is -2.15. The van der Waals surface area contributed by atoms with Gasteiger partial charge in [-0.2, -0.15) is 0 Å². The molecule has 32 heavy (non-hydrogen) atoms. The van der Waals surface area contributed by atoms with Crippen LogP contribution >= 0.6 is 11.8 Å². The Bertz CT molecular complexity index is 1420. The molecule has 0 bridgehead atoms. The number of benzene rings is 3. The summed E-state index contributed by atoms with van der Waals surface area (Å²) in [6.45, 7) is 2.03. The summed E-state index contributed by atoms with van der Waals surface area (Å²) in [6.07, 6.45) is 0. The van der Waals surface area contributed by atoms with Crippen molar-refractivity contribution < 1.29 is 9.15 Å². The van der Waals surface area contributed by atoms with E-state index in [0.29, 0.717) is 21.9 Å². The summed E-state index contributed by atoms with van der Waals surface area (Å²) >= 11 is 1.40. The number of methoxy groups -OCH3 is 1. The van der Waals surface area contributed by atoms with Gasteiger partial charge in [0.1, 0.15) is 21.9 Å². The van der Waals surface area contributed by atoms with Crippen LogP contribution in [0.2, 0.25) is 0 Å². The average Bonchev–Trinajstić information content (AvgIpc) is 3.01. The van der Waals surface area contributed by atoms with Crippen molar-refractivity contribution >= 4 is 44.8 Å². The number of anilines is 1. The van der Waals surface area contributed by atoms with Crippen LogP contribution in [-0.4, -0.2) is 12.2 Å². The molecule has 0 aliphatic carbocycles. The van der Waals surface area contributed by atoms with E-state index in [9.17, 15) is 4.79 Å². The molecule has 0 atom stereocenters. The molecule has 1 aromatic heterocycles. The van der Waals surface area contributed by atoms with E-state index in [1.54, 1.807) is 13.2 Å². The fourth-order valence-corrected chi connectivity index (χ4v) is 4.43. The van der Waals surface area contributed by atoms with E-state index in [-0.39, 0.29) is 0 Å². The van der Waals surface area contributed by atoms with E-state index in [4.69, 9.17) is 14.1 Å². The topological polar surface area (TPSA) is 63.8 Å². The van der Waals surface area contributed by atoms with Crippen molar-refractivity contribution in [2.24, 2.45) is 4.99 Å². The zero-order valence-electron chi connectivity index (χ0n) is 17.6. The van der Waals surface area contributed by atoms with Crippen LogP contribution in [-0.2, 0) is 0 Å². The first-order valence-electron chi connectivity index (χ1n) is 10.1. The van der Waals surface area contributed by atoms with Crippen LogP contribution in [0.1, 0.15) is 16.7 Å². The largest absolute Gasteiger partial charge is 0.497 e. The maximum atomic E-state index is 13.1. The summed E-state index contributed by atoms with van der Waals surface area (Å²) in [5, 5.41) is 6.86. The van der Waals surface area contributed by atoms with Gasteiger partial charge in [-0.1, -0.05) is 41.6 Å². The fourth-order valence-electron chi connectivity index (χ4n) is 3.54. The van der Waals surface area contributed by atoms with Gasteiger partial charge in [0.05, 0.1) is 24.2 Å². The monoisotopic (exact) mass is 440 g/mol. The fraction of sp³-hybridized carbons (Fsp3) is 0.0769. The summed E-state index contributed by atoms with van der Waals surface area (Å²) in [7, 11) is 1.64. The molecule has 0 spiro atoms. The third-order valence-corrected chi connectivity index (χ3v) is 6.11. The normalized spacial score (nSPS) is 14.4. The molecule has 1 aliphatic rings. The van der Waals surface area contributed by atoms with Crippen LogP contribution in [0.15, 0.2) is 92.4 Å². The van der Waals surface area contributed by atoms with Gasteiger partial charge in [0.2, 0.25) is 0 Å². The standard InChI is InChI=1S/C26H20N2O3S/c1-16-7-11-18(12-8-16)27-25-23-24(20-5-3-4-6-22(20)31-26(23)29)28-21(15-32-25)17-9-13-19(30-2)14-10-17/h3-15,28H,1-2H3. The smallest absolute Gasteiger partial charge is 0.348 e. The van der Waals surface area contributed by atoms with Crippen LogP contribution in [0.5, 0.6) is 5.75 Å². The van der Waals surface area contributed by atoms with Crippen molar-refractivity contribution in [1.29, 1.82) is 0 Å². The molecule has 4 aromatic rings. The van der Waals surface area contributed by atoms with E-state index in [2.05, 4.69) is 5.32 Å². The first kappa shape index (κ1) is 20.2. The van der Waals surface area contributed by atoms with Gasteiger partial charge in [0.15, 0.2) is 0 Å². The number of nitrogens with one attached hydrogen (secondary N) is 1. The molecule has 1 N–H and O–H groups in total. The van der Waals surface area contributed by atoms with Crippen LogP contribution in [0, 0.1) is 6.92 Å². The van der Waals surface area contributed by atoms with Crippen LogP contribution in [0.3, 0.4) is 0 Å². The summed E-state index contributed by atoms with van der Waals surface area (Å²) < 4.78 is 10.9. The van der Waals surface area contributed by atoms with Gasteiger partial charge in [-0.15, -0.1) is 0 Å². The molecule has 0 radical (unpaired) electrons. The second-order valence-electron chi connectivity index (χ2n) is 7.39. The van der Waals surface area contributed by atoms with Crippen molar-refractivity contribution in [3.63, 3.8) is 0 Å². The molecule has 6 heteroatoms.